The quantitative estimate of drug-likeness (QED) is 0.628. The lowest BCUT2D eigenvalue weighted by atomic mass is 9.92. The van der Waals surface area contributed by atoms with Crippen LogP contribution in [0.1, 0.15) is 60.3 Å². The molecule has 90 valence electrons. The number of rotatable bonds is 7. The Balaban J connectivity index is 3.79. The van der Waals surface area contributed by atoms with Crippen LogP contribution in [0.4, 0.5) is 0 Å². The minimum atomic E-state index is -0.122. The molecule has 0 bridgehead atoms. The zero-order chi connectivity index (χ0) is 11.8. The van der Waals surface area contributed by atoms with Crippen LogP contribution in [0, 0.1) is 11.8 Å². The molecule has 0 heterocycles. The Hall–Kier alpha value is -0.300. The lowest BCUT2D eigenvalue weighted by Gasteiger charge is -2.18. The monoisotopic (exact) mass is 212 g/mol. The Bertz CT molecular complexity index is 182. The number of hydrogen-bond donors (Lipinski definition) is 1. The highest BCUT2D eigenvalue weighted by Gasteiger charge is 2.11. The molecule has 0 saturated heterocycles. The fourth-order valence-corrected chi connectivity index (χ4v) is 1.80. The van der Waals surface area contributed by atoms with Crippen LogP contribution in [-0.2, 0) is 0 Å². The van der Waals surface area contributed by atoms with Crippen molar-refractivity contribution in [3.8, 4) is 0 Å². The van der Waals surface area contributed by atoms with E-state index in [-0.39, 0.29) is 6.10 Å². The Morgan fingerprint density at radius 1 is 1.20 bits per heavy atom. The van der Waals surface area contributed by atoms with Gasteiger partial charge in [0.15, 0.2) is 0 Å². The highest BCUT2D eigenvalue weighted by atomic mass is 16.3. The van der Waals surface area contributed by atoms with Gasteiger partial charge in [-0.2, -0.15) is 0 Å². The topological polar surface area (TPSA) is 20.2 Å². The fourth-order valence-electron chi connectivity index (χ4n) is 1.80. The summed E-state index contributed by atoms with van der Waals surface area (Å²) < 4.78 is 0. The van der Waals surface area contributed by atoms with Gasteiger partial charge in [-0.3, -0.25) is 0 Å². The van der Waals surface area contributed by atoms with Crippen LogP contribution in [0.3, 0.4) is 0 Å². The highest BCUT2D eigenvalue weighted by molar-refractivity contribution is 4.99. The SMILES string of the molecule is CC=C(CC)CC(C)CCC(O)C(C)C. The van der Waals surface area contributed by atoms with E-state index in [4.69, 9.17) is 0 Å². The Morgan fingerprint density at radius 3 is 2.20 bits per heavy atom. The molecule has 1 nitrogen and oxygen atoms in total. The Kier molecular flexibility index (Phi) is 7.76. The maximum Gasteiger partial charge on any atom is 0.0563 e. The van der Waals surface area contributed by atoms with Crippen LogP contribution in [0.25, 0.3) is 0 Å². The average molecular weight is 212 g/mol. The first kappa shape index (κ1) is 14.7. The third-order valence-corrected chi connectivity index (χ3v) is 3.20. The third kappa shape index (κ3) is 6.72. The second-order valence-corrected chi connectivity index (χ2v) is 5.00. The van der Waals surface area contributed by atoms with Crippen LogP contribution >= 0.6 is 0 Å². The van der Waals surface area contributed by atoms with Crippen LogP contribution in [0.5, 0.6) is 0 Å². The largest absolute Gasteiger partial charge is 0.393 e. The molecular formula is C14H28O. The molecule has 2 unspecified atom stereocenters. The zero-order valence-corrected chi connectivity index (χ0v) is 11.1. The van der Waals surface area contributed by atoms with Gasteiger partial charge in [0.2, 0.25) is 0 Å². The maximum absolute atomic E-state index is 9.71. The van der Waals surface area contributed by atoms with E-state index in [9.17, 15) is 5.11 Å². The second kappa shape index (κ2) is 7.92. The molecule has 0 radical (unpaired) electrons. The minimum Gasteiger partial charge on any atom is -0.393 e. The van der Waals surface area contributed by atoms with Gasteiger partial charge < -0.3 is 5.11 Å². The van der Waals surface area contributed by atoms with Crippen LogP contribution in [-0.4, -0.2) is 11.2 Å². The van der Waals surface area contributed by atoms with Gasteiger partial charge in [0.25, 0.3) is 0 Å². The van der Waals surface area contributed by atoms with Crippen molar-refractivity contribution in [2.75, 3.05) is 0 Å². The van der Waals surface area contributed by atoms with Gasteiger partial charge in [0.05, 0.1) is 6.10 Å². The van der Waals surface area contributed by atoms with Crippen molar-refractivity contribution >= 4 is 0 Å². The van der Waals surface area contributed by atoms with Gasteiger partial charge in [-0.1, -0.05) is 39.3 Å². The van der Waals surface area contributed by atoms with E-state index in [0.29, 0.717) is 11.8 Å². The number of hydrogen-bond acceptors (Lipinski definition) is 1. The van der Waals surface area contributed by atoms with Crippen molar-refractivity contribution in [1.82, 2.24) is 0 Å². The Labute approximate surface area is 95.6 Å². The number of allylic oxidation sites excluding steroid dienone is 2. The zero-order valence-electron chi connectivity index (χ0n) is 11.1. The summed E-state index contributed by atoms with van der Waals surface area (Å²) in [6.07, 6.45) is 6.54. The van der Waals surface area contributed by atoms with Crippen molar-refractivity contribution in [3.05, 3.63) is 11.6 Å². The summed E-state index contributed by atoms with van der Waals surface area (Å²) in [7, 11) is 0. The second-order valence-electron chi connectivity index (χ2n) is 5.00. The van der Waals surface area contributed by atoms with E-state index in [1.807, 2.05) is 0 Å². The molecule has 0 aromatic rings. The lowest BCUT2D eigenvalue weighted by molar-refractivity contribution is 0.109. The smallest absolute Gasteiger partial charge is 0.0563 e. The maximum atomic E-state index is 9.71. The minimum absolute atomic E-state index is 0.122. The molecule has 0 fully saturated rings. The third-order valence-electron chi connectivity index (χ3n) is 3.20. The normalized spacial score (nSPS) is 16.9. The molecule has 0 aliphatic heterocycles. The summed E-state index contributed by atoms with van der Waals surface area (Å²) in [6, 6.07) is 0. The molecule has 0 aliphatic carbocycles. The van der Waals surface area contributed by atoms with Crippen molar-refractivity contribution < 1.29 is 5.11 Å². The van der Waals surface area contributed by atoms with Crippen molar-refractivity contribution in [2.45, 2.75) is 66.4 Å². The molecule has 1 heteroatoms. The molecule has 15 heavy (non-hydrogen) atoms. The summed E-state index contributed by atoms with van der Waals surface area (Å²) >= 11 is 0. The van der Waals surface area contributed by atoms with E-state index >= 15 is 0 Å². The van der Waals surface area contributed by atoms with E-state index in [2.05, 4.69) is 40.7 Å². The summed E-state index contributed by atoms with van der Waals surface area (Å²) in [6.45, 7) is 10.8. The molecule has 0 aromatic heterocycles. The highest BCUT2D eigenvalue weighted by Crippen LogP contribution is 2.20. The van der Waals surface area contributed by atoms with Crippen LogP contribution < -0.4 is 0 Å². The first-order valence-corrected chi connectivity index (χ1v) is 6.33. The fraction of sp³-hybridized carbons (Fsp3) is 0.857. The summed E-state index contributed by atoms with van der Waals surface area (Å²) in [5.74, 6) is 1.09. The molecule has 0 spiro atoms. The van der Waals surface area contributed by atoms with Crippen molar-refractivity contribution in [3.63, 3.8) is 0 Å². The van der Waals surface area contributed by atoms with Gasteiger partial charge in [-0.15, -0.1) is 0 Å². The first-order chi connectivity index (χ1) is 7.01. The molecule has 0 rings (SSSR count). The summed E-state index contributed by atoms with van der Waals surface area (Å²) in [5.41, 5.74) is 1.54. The molecule has 0 amide bonds. The average Bonchev–Trinajstić information content (AvgIpc) is 2.22. The van der Waals surface area contributed by atoms with Crippen LogP contribution in [0.2, 0.25) is 0 Å². The molecule has 0 aromatic carbocycles. The summed E-state index contributed by atoms with van der Waals surface area (Å²) in [4.78, 5) is 0. The predicted molar refractivity (Wildman–Crippen MR) is 67.9 cm³/mol. The van der Waals surface area contributed by atoms with E-state index in [1.54, 1.807) is 5.57 Å². The first-order valence-electron chi connectivity index (χ1n) is 6.33. The molecule has 0 aliphatic rings. The van der Waals surface area contributed by atoms with Gasteiger partial charge in [-0.05, 0) is 44.4 Å². The lowest BCUT2D eigenvalue weighted by Crippen LogP contribution is -2.15. The number of aliphatic hydroxyl groups is 1. The molecule has 0 saturated carbocycles. The Morgan fingerprint density at radius 2 is 1.80 bits per heavy atom. The van der Waals surface area contributed by atoms with E-state index in [0.717, 1.165) is 19.3 Å². The van der Waals surface area contributed by atoms with Gasteiger partial charge in [0.1, 0.15) is 0 Å². The molecule has 2 atom stereocenters. The summed E-state index contributed by atoms with van der Waals surface area (Å²) in [5, 5.41) is 9.71. The van der Waals surface area contributed by atoms with Crippen molar-refractivity contribution in [1.29, 1.82) is 0 Å². The van der Waals surface area contributed by atoms with Crippen molar-refractivity contribution in [2.24, 2.45) is 11.8 Å². The van der Waals surface area contributed by atoms with Crippen LogP contribution in [0.15, 0.2) is 11.6 Å². The standard InChI is InChI=1S/C14H28O/c1-6-13(7-2)10-12(5)8-9-14(15)11(3)4/h6,11-12,14-15H,7-10H2,1-5H3. The van der Waals surface area contributed by atoms with Gasteiger partial charge in [0, 0.05) is 0 Å². The number of aliphatic hydroxyl groups excluding tert-OH is 1. The van der Waals surface area contributed by atoms with E-state index < -0.39 is 0 Å². The van der Waals surface area contributed by atoms with Gasteiger partial charge >= 0.3 is 0 Å². The molecule has 1 N–H and O–H groups in total. The molecular weight excluding hydrogens is 184 g/mol. The van der Waals surface area contributed by atoms with Gasteiger partial charge in [-0.25, -0.2) is 0 Å². The predicted octanol–water partition coefficient (Wildman–Crippen LogP) is 4.17. The van der Waals surface area contributed by atoms with E-state index in [1.165, 1.54) is 6.42 Å².